The van der Waals surface area contributed by atoms with Crippen LogP contribution in [0.4, 0.5) is 0 Å². The van der Waals surface area contributed by atoms with Crippen LogP contribution in [0, 0.1) is 0 Å². The van der Waals surface area contributed by atoms with Gasteiger partial charge in [0.15, 0.2) is 0 Å². The van der Waals surface area contributed by atoms with E-state index < -0.39 is 0 Å². The third-order valence-corrected chi connectivity index (χ3v) is 1.40. The summed E-state index contributed by atoms with van der Waals surface area (Å²) in [4.78, 5) is 0. The van der Waals surface area contributed by atoms with E-state index in [4.69, 9.17) is 0 Å². The summed E-state index contributed by atoms with van der Waals surface area (Å²) in [5.74, 6) is 0. The summed E-state index contributed by atoms with van der Waals surface area (Å²) in [5, 5.41) is 3.22. The summed E-state index contributed by atoms with van der Waals surface area (Å²) >= 11 is 0. The van der Waals surface area contributed by atoms with Gasteiger partial charge in [-0.1, -0.05) is 25.5 Å². The molecule has 0 aromatic rings. The first-order valence-corrected chi connectivity index (χ1v) is 4.23. The van der Waals surface area contributed by atoms with Gasteiger partial charge in [-0.25, -0.2) is 0 Å². The van der Waals surface area contributed by atoms with Crippen LogP contribution in [-0.4, -0.2) is 20.1 Å². The number of rotatable bonds is 4. The number of hydrogen-bond acceptors (Lipinski definition) is 2. The van der Waals surface area contributed by atoms with Crippen molar-refractivity contribution in [2.45, 2.75) is 32.7 Å². The molecule has 2 heteroatoms. The van der Waals surface area contributed by atoms with Gasteiger partial charge in [-0.3, -0.25) is 0 Å². The van der Waals surface area contributed by atoms with E-state index in [0.717, 1.165) is 0 Å². The smallest absolute Gasteiger partial charge is 0.0246 e. The molecule has 2 nitrogen and oxygen atoms in total. The molecule has 0 spiro atoms. The van der Waals surface area contributed by atoms with E-state index >= 15 is 0 Å². The minimum atomic E-state index is 0.583. The van der Waals surface area contributed by atoms with Crippen molar-refractivity contribution >= 4 is 0 Å². The maximum atomic E-state index is 4.50. The Bertz CT molecular complexity index is 79.6. The summed E-state index contributed by atoms with van der Waals surface area (Å²) in [7, 11) is 3.50. The maximum Gasteiger partial charge on any atom is 0.0246 e. The lowest BCUT2D eigenvalue weighted by Crippen LogP contribution is -2.21. The Balaban J connectivity index is 0. The highest BCUT2D eigenvalue weighted by atomic mass is 14.8. The Hall–Kier alpha value is -0.340. The van der Waals surface area contributed by atoms with Crippen LogP contribution in [0.2, 0.25) is 0 Å². The van der Waals surface area contributed by atoms with Crippen molar-refractivity contribution in [1.29, 1.82) is 0 Å². The van der Waals surface area contributed by atoms with E-state index in [1.54, 1.807) is 0 Å². The molecule has 0 amide bonds. The fraction of sp³-hybridized carbons (Fsp3) is 0.778. The van der Waals surface area contributed by atoms with Gasteiger partial charge in [0.25, 0.3) is 0 Å². The Morgan fingerprint density at radius 3 is 2.27 bits per heavy atom. The van der Waals surface area contributed by atoms with Crippen molar-refractivity contribution < 1.29 is 0 Å². The molecule has 0 aliphatic carbocycles. The monoisotopic (exact) mass is 158 g/mol. The molecule has 0 heterocycles. The van der Waals surface area contributed by atoms with E-state index in [2.05, 4.69) is 37.0 Å². The predicted octanol–water partition coefficient (Wildman–Crippen LogP) is 1.53. The third kappa shape index (κ3) is 9.66. The Labute approximate surface area is 70.9 Å². The molecule has 1 unspecified atom stereocenters. The molecule has 0 rings (SSSR count). The molecular formula is C9H22N2. The first kappa shape index (κ1) is 13.3. The molecule has 1 atom stereocenters. The SMILES string of the molecule is CC=CC(CCC)NC.CN. The third-order valence-electron chi connectivity index (χ3n) is 1.40. The lowest BCUT2D eigenvalue weighted by atomic mass is 10.1. The second-order valence-corrected chi connectivity index (χ2v) is 2.21. The summed E-state index contributed by atoms with van der Waals surface area (Å²) in [6, 6.07) is 0.583. The minimum Gasteiger partial charge on any atom is -0.333 e. The molecule has 0 aliphatic heterocycles. The summed E-state index contributed by atoms with van der Waals surface area (Å²) in [5.41, 5.74) is 4.50. The molecule has 0 fully saturated rings. The van der Waals surface area contributed by atoms with E-state index in [0.29, 0.717) is 6.04 Å². The quantitative estimate of drug-likeness (QED) is 0.609. The fourth-order valence-electron chi connectivity index (χ4n) is 0.880. The summed E-state index contributed by atoms with van der Waals surface area (Å²) in [6.07, 6.45) is 6.77. The molecule has 0 aliphatic rings. The normalized spacial score (nSPS) is 12.5. The van der Waals surface area contributed by atoms with E-state index in [-0.39, 0.29) is 0 Å². The minimum absolute atomic E-state index is 0.583. The van der Waals surface area contributed by atoms with Gasteiger partial charge in [-0.2, -0.15) is 0 Å². The van der Waals surface area contributed by atoms with Gasteiger partial charge in [-0.05, 0) is 27.4 Å². The van der Waals surface area contributed by atoms with Gasteiger partial charge in [0.2, 0.25) is 0 Å². The summed E-state index contributed by atoms with van der Waals surface area (Å²) < 4.78 is 0. The zero-order valence-corrected chi connectivity index (χ0v) is 8.22. The van der Waals surface area contributed by atoms with Crippen molar-refractivity contribution in [3.63, 3.8) is 0 Å². The lowest BCUT2D eigenvalue weighted by molar-refractivity contribution is 0.604. The van der Waals surface area contributed by atoms with Gasteiger partial charge >= 0.3 is 0 Å². The van der Waals surface area contributed by atoms with Crippen LogP contribution < -0.4 is 11.1 Å². The Kier molecular flexibility index (Phi) is 14.9. The molecule has 0 bridgehead atoms. The number of likely N-dealkylation sites (N-methyl/N-ethyl adjacent to an activating group) is 1. The van der Waals surface area contributed by atoms with Crippen molar-refractivity contribution in [2.24, 2.45) is 5.73 Å². The predicted molar refractivity (Wildman–Crippen MR) is 52.7 cm³/mol. The summed E-state index contributed by atoms with van der Waals surface area (Å²) in [6.45, 7) is 4.26. The van der Waals surface area contributed by atoms with Crippen molar-refractivity contribution in [1.82, 2.24) is 5.32 Å². The first-order chi connectivity index (χ1) is 5.35. The number of allylic oxidation sites excluding steroid dienone is 1. The molecule has 11 heavy (non-hydrogen) atoms. The average molecular weight is 158 g/mol. The van der Waals surface area contributed by atoms with Gasteiger partial charge in [0, 0.05) is 6.04 Å². The van der Waals surface area contributed by atoms with Crippen LogP contribution in [0.5, 0.6) is 0 Å². The van der Waals surface area contributed by atoms with Crippen LogP contribution in [0.3, 0.4) is 0 Å². The van der Waals surface area contributed by atoms with Gasteiger partial charge in [0.05, 0.1) is 0 Å². The molecular weight excluding hydrogens is 136 g/mol. The molecule has 0 saturated carbocycles. The largest absolute Gasteiger partial charge is 0.333 e. The molecule has 68 valence electrons. The topological polar surface area (TPSA) is 38.0 Å². The maximum absolute atomic E-state index is 4.50. The van der Waals surface area contributed by atoms with Gasteiger partial charge in [0.1, 0.15) is 0 Å². The van der Waals surface area contributed by atoms with E-state index in [1.807, 2.05) is 7.05 Å². The molecule has 0 radical (unpaired) electrons. The molecule has 3 N–H and O–H groups in total. The average Bonchev–Trinajstić information content (AvgIpc) is 2.08. The van der Waals surface area contributed by atoms with Crippen LogP contribution in [0.1, 0.15) is 26.7 Å². The standard InChI is InChI=1S/C8H17N.CH5N/c1-4-6-8(9-3)7-5-2;1-2/h4,6,8-9H,5,7H2,1-3H3;2H2,1H3. The number of nitrogens with one attached hydrogen (secondary N) is 1. The van der Waals surface area contributed by atoms with Gasteiger partial charge in [-0.15, -0.1) is 0 Å². The zero-order valence-electron chi connectivity index (χ0n) is 8.22. The molecule has 0 aromatic heterocycles. The zero-order chi connectivity index (χ0) is 9.11. The Morgan fingerprint density at radius 1 is 1.45 bits per heavy atom. The van der Waals surface area contributed by atoms with Crippen molar-refractivity contribution in [3.8, 4) is 0 Å². The van der Waals surface area contributed by atoms with Gasteiger partial charge < -0.3 is 11.1 Å². The van der Waals surface area contributed by atoms with Crippen LogP contribution in [0.15, 0.2) is 12.2 Å². The highest BCUT2D eigenvalue weighted by Gasteiger charge is 1.95. The first-order valence-electron chi connectivity index (χ1n) is 4.23. The van der Waals surface area contributed by atoms with E-state index in [1.165, 1.54) is 19.9 Å². The Morgan fingerprint density at radius 2 is 2.00 bits per heavy atom. The molecule has 0 aromatic carbocycles. The molecule has 0 saturated heterocycles. The van der Waals surface area contributed by atoms with Crippen LogP contribution in [0.25, 0.3) is 0 Å². The number of nitrogens with two attached hydrogens (primary N) is 1. The van der Waals surface area contributed by atoms with Crippen LogP contribution >= 0.6 is 0 Å². The number of hydrogen-bond donors (Lipinski definition) is 2. The van der Waals surface area contributed by atoms with Crippen LogP contribution in [-0.2, 0) is 0 Å². The van der Waals surface area contributed by atoms with E-state index in [9.17, 15) is 0 Å². The lowest BCUT2D eigenvalue weighted by Gasteiger charge is -2.08. The fourth-order valence-corrected chi connectivity index (χ4v) is 0.880. The van der Waals surface area contributed by atoms with Crippen molar-refractivity contribution in [3.05, 3.63) is 12.2 Å². The van der Waals surface area contributed by atoms with Crippen molar-refractivity contribution in [2.75, 3.05) is 14.1 Å². The second kappa shape index (κ2) is 12.3. The highest BCUT2D eigenvalue weighted by molar-refractivity contribution is 4.89. The second-order valence-electron chi connectivity index (χ2n) is 2.21. The highest BCUT2D eigenvalue weighted by Crippen LogP contribution is 1.96.